The Labute approximate surface area is 196 Å². The Morgan fingerprint density at radius 2 is 1.55 bits per heavy atom. The van der Waals surface area contributed by atoms with Crippen molar-refractivity contribution in [1.82, 2.24) is 14.8 Å². The van der Waals surface area contributed by atoms with Gasteiger partial charge in [0.25, 0.3) is 0 Å². The fourth-order valence-corrected chi connectivity index (χ4v) is 4.04. The summed E-state index contributed by atoms with van der Waals surface area (Å²) >= 11 is 1.33. The molecule has 33 heavy (non-hydrogen) atoms. The molecule has 1 heterocycles. The van der Waals surface area contributed by atoms with Gasteiger partial charge in [0.05, 0.1) is 20.0 Å². The zero-order chi connectivity index (χ0) is 23.2. The van der Waals surface area contributed by atoms with Crippen molar-refractivity contribution in [3.05, 3.63) is 78.4 Å². The van der Waals surface area contributed by atoms with Crippen molar-refractivity contribution < 1.29 is 14.3 Å². The van der Waals surface area contributed by atoms with Gasteiger partial charge in [-0.05, 0) is 67.1 Å². The number of amides is 1. The lowest BCUT2D eigenvalue weighted by Gasteiger charge is -2.12. The van der Waals surface area contributed by atoms with Crippen molar-refractivity contribution in [3.63, 3.8) is 0 Å². The van der Waals surface area contributed by atoms with Gasteiger partial charge in [0.2, 0.25) is 5.91 Å². The van der Waals surface area contributed by atoms with Crippen molar-refractivity contribution in [3.8, 4) is 28.6 Å². The third kappa shape index (κ3) is 5.18. The smallest absolute Gasteiger partial charge is 0.234 e. The second-order valence-electron chi connectivity index (χ2n) is 7.22. The van der Waals surface area contributed by atoms with Gasteiger partial charge in [-0.2, -0.15) is 0 Å². The van der Waals surface area contributed by atoms with Gasteiger partial charge in [-0.1, -0.05) is 30.0 Å². The Hall–Kier alpha value is -3.78. The van der Waals surface area contributed by atoms with Gasteiger partial charge >= 0.3 is 0 Å². The summed E-state index contributed by atoms with van der Waals surface area (Å²) in [7, 11) is 3.26. The molecule has 1 N–H and O–H groups in total. The van der Waals surface area contributed by atoms with Crippen molar-refractivity contribution in [1.29, 1.82) is 0 Å². The molecule has 0 aliphatic carbocycles. The number of hydrogen-bond donors (Lipinski definition) is 1. The molecule has 0 fully saturated rings. The number of nitrogens with one attached hydrogen (secondary N) is 1. The van der Waals surface area contributed by atoms with Crippen LogP contribution < -0.4 is 14.8 Å². The average Bonchev–Trinajstić information content (AvgIpc) is 3.28. The standard InChI is InChI=1S/C25H24N4O3S/c1-17-6-4-5-7-22(17)26-23(30)16-33-25-28-27-24(18-8-12-20(31-2)13-9-18)29(25)19-10-14-21(32-3)15-11-19/h4-15H,16H2,1-3H3,(H,26,30). The van der Waals surface area contributed by atoms with Crippen molar-refractivity contribution in [2.24, 2.45) is 0 Å². The lowest BCUT2D eigenvalue weighted by atomic mass is 10.2. The van der Waals surface area contributed by atoms with Gasteiger partial charge in [-0.15, -0.1) is 10.2 Å². The number of nitrogens with zero attached hydrogens (tertiary/aromatic N) is 3. The molecule has 4 aromatic rings. The van der Waals surface area contributed by atoms with Crippen molar-refractivity contribution >= 4 is 23.4 Å². The van der Waals surface area contributed by atoms with E-state index in [4.69, 9.17) is 9.47 Å². The second kappa shape index (κ2) is 10.2. The minimum atomic E-state index is -0.107. The van der Waals surface area contributed by atoms with Gasteiger partial charge in [0, 0.05) is 16.9 Å². The van der Waals surface area contributed by atoms with E-state index in [2.05, 4.69) is 15.5 Å². The number of carbonyl (C=O) groups excluding carboxylic acids is 1. The zero-order valence-electron chi connectivity index (χ0n) is 18.6. The van der Waals surface area contributed by atoms with Crippen LogP contribution >= 0.6 is 11.8 Å². The van der Waals surface area contributed by atoms with E-state index in [1.54, 1.807) is 14.2 Å². The Kier molecular flexibility index (Phi) is 6.95. The van der Waals surface area contributed by atoms with Crippen LogP contribution in [0.15, 0.2) is 78.0 Å². The third-order valence-corrected chi connectivity index (χ3v) is 5.99. The van der Waals surface area contributed by atoms with Crippen LogP contribution in [0.5, 0.6) is 11.5 Å². The number of methoxy groups -OCH3 is 2. The summed E-state index contributed by atoms with van der Waals surface area (Å²) < 4.78 is 12.5. The van der Waals surface area contributed by atoms with Crippen LogP contribution in [0.2, 0.25) is 0 Å². The van der Waals surface area contributed by atoms with Crippen LogP contribution in [0.4, 0.5) is 5.69 Å². The molecular formula is C25H24N4O3S. The predicted molar refractivity (Wildman–Crippen MR) is 130 cm³/mol. The fraction of sp³-hybridized carbons (Fsp3) is 0.160. The highest BCUT2D eigenvalue weighted by molar-refractivity contribution is 7.99. The monoisotopic (exact) mass is 460 g/mol. The molecule has 0 atom stereocenters. The van der Waals surface area contributed by atoms with Crippen LogP contribution in [-0.2, 0) is 4.79 Å². The first kappa shape index (κ1) is 22.4. The summed E-state index contributed by atoms with van der Waals surface area (Å²) in [5.74, 6) is 2.28. The van der Waals surface area contributed by atoms with E-state index in [-0.39, 0.29) is 11.7 Å². The van der Waals surface area contributed by atoms with Crippen LogP contribution in [0.1, 0.15) is 5.56 Å². The van der Waals surface area contributed by atoms with E-state index in [9.17, 15) is 4.79 Å². The summed E-state index contributed by atoms with van der Waals surface area (Å²) in [6.45, 7) is 1.96. The Morgan fingerprint density at radius 1 is 0.909 bits per heavy atom. The topological polar surface area (TPSA) is 78.3 Å². The largest absolute Gasteiger partial charge is 0.497 e. The van der Waals surface area contributed by atoms with E-state index >= 15 is 0 Å². The quantitative estimate of drug-likeness (QED) is 0.373. The molecule has 7 nitrogen and oxygen atoms in total. The van der Waals surface area contributed by atoms with E-state index in [0.29, 0.717) is 11.0 Å². The fourth-order valence-electron chi connectivity index (χ4n) is 3.28. The number of benzene rings is 3. The van der Waals surface area contributed by atoms with E-state index < -0.39 is 0 Å². The molecule has 0 radical (unpaired) electrons. The van der Waals surface area contributed by atoms with Gasteiger partial charge < -0.3 is 14.8 Å². The summed E-state index contributed by atoms with van der Waals surface area (Å²) in [6, 6.07) is 23.0. The first-order valence-electron chi connectivity index (χ1n) is 10.3. The zero-order valence-corrected chi connectivity index (χ0v) is 19.4. The molecule has 0 bridgehead atoms. The summed E-state index contributed by atoms with van der Waals surface area (Å²) in [5, 5.41) is 12.4. The molecule has 1 amide bonds. The molecule has 168 valence electrons. The minimum Gasteiger partial charge on any atom is -0.497 e. The van der Waals surface area contributed by atoms with E-state index in [1.165, 1.54) is 11.8 Å². The van der Waals surface area contributed by atoms with Crippen molar-refractivity contribution in [2.75, 3.05) is 25.3 Å². The number of ether oxygens (including phenoxy) is 2. The molecule has 0 saturated heterocycles. The van der Waals surface area contributed by atoms with Crippen LogP contribution in [0.25, 0.3) is 17.1 Å². The number of aromatic nitrogens is 3. The number of aryl methyl sites for hydroxylation is 1. The summed E-state index contributed by atoms with van der Waals surface area (Å²) in [4.78, 5) is 12.6. The number of carbonyl (C=O) groups is 1. The van der Waals surface area contributed by atoms with Gasteiger partial charge in [-0.3, -0.25) is 9.36 Å². The molecule has 8 heteroatoms. The first-order valence-corrected chi connectivity index (χ1v) is 11.3. The first-order chi connectivity index (χ1) is 16.1. The molecule has 1 aromatic heterocycles. The number of hydrogen-bond acceptors (Lipinski definition) is 6. The lowest BCUT2D eigenvalue weighted by Crippen LogP contribution is -2.15. The molecule has 0 saturated carbocycles. The number of rotatable bonds is 8. The lowest BCUT2D eigenvalue weighted by molar-refractivity contribution is -0.113. The molecule has 0 aliphatic heterocycles. The molecular weight excluding hydrogens is 436 g/mol. The summed E-state index contributed by atoms with van der Waals surface area (Å²) in [5.41, 5.74) is 3.57. The Bertz CT molecular complexity index is 1240. The van der Waals surface area contributed by atoms with Crippen LogP contribution in [-0.4, -0.2) is 40.6 Å². The van der Waals surface area contributed by atoms with Gasteiger partial charge in [0.1, 0.15) is 11.5 Å². The second-order valence-corrected chi connectivity index (χ2v) is 8.16. The SMILES string of the molecule is COc1ccc(-c2nnc(SCC(=O)Nc3ccccc3C)n2-c2ccc(OC)cc2)cc1. The summed E-state index contributed by atoms with van der Waals surface area (Å²) in [6.07, 6.45) is 0. The minimum absolute atomic E-state index is 0.107. The molecule has 4 rings (SSSR count). The maximum absolute atomic E-state index is 12.6. The maximum atomic E-state index is 12.6. The van der Waals surface area contributed by atoms with E-state index in [0.717, 1.165) is 34.0 Å². The number of para-hydroxylation sites is 1. The van der Waals surface area contributed by atoms with Gasteiger partial charge in [0.15, 0.2) is 11.0 Å². The Balaban J connectivity index is 1.62. The van der Waals surface area contributed by atoms with Crippen molar-refractivity contribution in [2.45, 2.75) is 12.1 Å². The molecule has 0 aliphatic rings. The third-order valence-electron chi connectivity index (χ3n) is 5.06. The average molecular weight is 461 g/mol. The molecule has 0 unspecified atom stereocenters. The maximum Gasteiger partial charge on any atom is 0.234 e. The highest BCUT2D eigenvalue weighted by atomic mass is 32.2. The van der Waals surface area contributed by atoms with Gasteiger partial charge in [-0.25, -0.2) is 0 Å². The highest BCUT2D eigenvalue weighted by Gasteiger charge is 2.18. The van der Waals surface area contributed by atoms with Crippen LogP contribution in [0, 0.1) is 6.92 Å². The normalized spacial score (nSPS) is 10.6. The molecule has 0 spiro atoms. The number of thioether (sulfide) groups is 1. The van der Waals surface area contributed by atoms with Crippen LogP contribution in [0.3, 0.4) is 0 Å². The van der Waals surface area contributed by atoms with E-state index in [1.807, 2.05) is 84.3 Å². The Morgan fingerprint density at radius 3 is 2.18 bits per heavy atom. The number of anilines is 1. The molecule has 3 aromatic carbocycles. The highest BCUT2D eigenvalue weighted by Crippen LogP contribution is 2.30. The predicted octanol–water partition coefficient (Wildman–Crippen LogP) is 4.99.